The molecule has 0 spiro atoms. The third kappa shape index (κ3) is 2.93. The minimum absolute atomic E-state index is 0.188. The second kappa shape index (κ2) is 4.69. The van der Waals surface area contributed by atoms with Crippen LogP contribution < -0.4 is 0 Å². The van der Waals surface area contributed by atoms with Gasteiger partial charge < -0.3 is 9.84 Å². The van der Waals surface area contributed by atoms with Gasteiger partial charge in [0.05, 0.1) is 0 Å². The first kappa shape index (κ1) is 9.83. The molecule has 0 aliphatic heterocycles. The molecular weight excluding hydrogens is 175 g/mol. The SMILES string of the molecule is O=C([CH]OCO)c1cccc(F)c1. The van der Waals surface area contributed by atoms with Gasteiger partial charge >= 0.3 is 0 Å². The van der Waals surface area contributed by atoms with E-state index in [1.165, 1.54) is 18.2 Å². The van der Waals surface area contributed by atoms with E-state index in [0.29, 0.717) is 0 Å². The van der Waals surface area contributed by atoms with Crippen molar-refractivity contribution in [1.29, 1.82) is 0 Å². The third-order valence-corrected chi connectivity index (χ3v) is 1.37. The Morgan fingerprint density at radius 3 is 3.00 bits per heavy atom. The molecule has 69 valence electrons. The van der Waals surface area contributed by atoms with Crippen molar-refractivity contribution < 1.29 is 19.0 Å². The molecule has 0 aromatic heterocycles. The molecule has 0 saturated carbocycles. The first-order valence-corrected chi connectivity index (χ1v) is 3.59. The molecule has 0 aliphatic carbocycles. The van der Waals surface area contributed by atoms with Crippen molar-refractivity contribution in [3.05, 3.63) is 42.3 Å². The van der Waals surface area contributed by atoms with E-state index in [1.807, 2.05) is 0 Å². The Bertz CT molecular complexity index is 299. The van der Waals surface area contributed by atoms with Gasteiger partial charge in [0.2, 0.25) is 0 Å². The van der Waals surface area contributed by atoms with Crippen LogP contribution in [0.15, 0.2) is 24.3 Å². The highest BCUT2D eigenvalue weighted by molar-refractivity contribution is 6.01. The van der Waals surface area contributed by atoms with Crippen LogP contribution in [0.4, 0.5) is 4.39 Å². The van der Waals surface area contributed by atoms with Gasteiger partial charge in [0, 0.05) is 5.56 Å². The molecule has 0 amide bonds. The number of hydrogen-bond donors (Lipinski definition) is 1. The summed E-state index contributed by atoms with van der Waals surface area (Å²) in [6.45, 7) is 0.274. The van der Waals surface area contributed by atoms with E-state index in [-0.39, 0.29) is 5.56 Å². The van der Waals surface area contributed by atoms with Gasteiger partial charge in [-0.15, -0.1) is 0 Å². The van der Waals surface area contributed by atoms with Gasteiger partial charge in [0.1, 0.15) is 12.6 Å². The Hall–Kier alpha value is -1.26. The van der Waals surface area contributed by atoms with Crippen molar-refractivity contribution >= 4 is 5.78 Å². The lowest BCUT2D eigenvalue weighted by Crippen LogP contribution is -2.03. The molecule has 0 atom stereocenters. The summed E-state index contributed by atoms with van der Waals surface area (Å²) in [5.74, 6) is -0.961. The molecule has 0 fully saturated rings. The Kier molecular flexibility index (Phi) is 3.54. The van der Waals surface area contributed by atoms with Gasteiger partial charge in [-0.2, -0.15) is 0 Å². The first-order chi connectivity index (χ1) is 6.24. The number of hydrogen-bond acceptors (Lipinski definition) is 3. The van der Waals surface area contributed by atoms with Crippen LogP contribution in [0.25, 0.3) is 0 Å². The van der Waals surface area contributed by atoms with Crippen LogP contribution in [0.1, 0.15) is 10.4 Å². The molecular formula is C9H8FO3. The van der Waals surface area contributed by atoms with Crippen molar-refractivity contribution in [2.24, 2.45) is 0 Å². The Morgan fingerprint density at radius 2 is 2.38 bits per heavy atom. The fraction of sp³-hybridized carbons (Fsp3) is 0.111. The van der Waals surface area contributed by atoms with Crippen LogP contribution in [0, 0.1) is 12.4 Å². The molecule has 13 heavy (non-hydrogen) atoms. The molecule has 1 rings (SSSR count). The summed E-state index contributed by atoms with van der Waals surface area (Å²) in [6.07, 6.45) is 0. The second-order valence-corrected chi connectivity index (χ2v) is 2.29. The number of Topliss-reactive ketones (excluding diaryl/α,β-unsaturated/α-hetero) is 1. The predicted octanol–water partition coefficient (Wildman–Crippen LogP) is 1.14. The van der Waals surface area contributed by atoms with E-state index in [2.05, 4.69) is 4.74 Å². The molecule has 3 nitrogen and oxygen atoms in total. The van der Waals surface area contributed by atoms with Gasteiger partial charge in [-0.1, -0.05) is 12.1 Å². The maximum absolute atomic E-state index is 12.6. The fourth-order valence-corrected chi connectivity index (χ4v) is 0.823. The topological polar surface area (TPSA) is 46.5 Å². The zero-order chi connectivity index (χ0) is 9.68. The normalized spacial score (nSPS) is 10.0. The number of aliphatic hydroxyl groups is 1. The molecule has 1 aromatic carbocycles. The van der Waals surface area contributed by atoms with Gasteiger partial charge in [-0.3, -0.25) is 4.79 Å². The fourth-order valence-electron chi connectivity index (χ4n) is 0.823. The van der Waals surface area contributed by atoms with Gasteiger partial charge in [0.25, 0.3) is 0 Å². The Balaban J connectivity index is 2.66. The van der Waals surface area contributed by atoms with Gasteiger partial charge in [-0.25, -0.2) is 4.39 Å². The molecule has 0 heterocycles. The average molecular weight is 183 g/mol. The number of ketones is 1. The van der Waals surface area contributed by atoms with E-state index < -0.39 is 18.4 Å². The predicted molar refractivity (Wildman–Crippen MR) is 43.2 cm³/mol. The number of rotatable bonds is 4. The Labute approximate surface area is 74.8 Å². The van der Waals surface area contributed by atoms with E-state index in [9.17, 15) is 9.18 Å². The zero-order valence-electron chi connectivity index (χ0n) is 6.74. The standard InChI is InChI=1S/C9H8FO3/c10-8-3-1-2-7(4-8)9(12)5-13-6-11/h1-5,11H,6H2. The van der Waals surface area contributed by atoms with E-state index in [1.54, 1.807) is 0 Å². The lowest BCUT2D eigenvalue weighted by atomic mass is 10.1. The van der Waals surface area contributed by atoms with Crippen LogP contribution >= 0.6 is 0 Å². The van der Waals surface area contributed by atoms with Crippen LogP contribution in [0.5, 0.6) is 0 Å². The number of carbonyl (C=O) groups is 1. The largest absolute Gasteiger partial charge is 0.371 e. The summed E-state index contributed by atoms with van der Waals surface area (Å²) >= 11 is 0. The number of aliphatic hydroxyl groups excluding tert-OH is 1. The summed E-state index contributed by atoms with van der Waals surface area (Å²) < 4.78 is 16.9. The number of halogens is 1. The molecule has 1 N–H and O–H groups in total. The van der Waals surface area contributed by atoms with Crippen LogP contribution in [-0.4, -0.2) is 17.7 Å². The number of ether oxygens (including phenoxy) is 1. The number of benzene rings is 1. The Morgan fingerprint density at radius 1 is 1.62 bits per heavy atom. The molecule has 0 bridgehead atoms. The van der Waals surface area contributed by atoms with Crippen molar-refractivity contribution in [3.63, 3.8) is 0 Å². The summed E-state index contributed by atoms with van der Waals surface area (Å²) in [4.78, 5) is 11.1. The average Bonchev–Trinajstić information content (AvgIpc) is 2.14. The van der Waals surface area contributed by atoms with Gasteiger partial charge in [0.15, 0.2) is 12.4 Å². The first-order valence-electron chi connectivity index (χ1n) is 3.59. The third-order valence-electron chi connectivity index (χ3n) is 1.37. The molecule has 0 aliphatic rings. The van der Waals surface area contributed by atoms with Crippen LogP contribution in [0.2, 0.25) is 0 Å². The van der Waals surface area contributed by atoms with Crippen molar-refractivity contribution in [2.75, 3.05) is 6.79 Å². The molecule has 1 aromatic rings. The quantitative estimate of drug-likeness (QED) is 0.562. The highest BCUT2D eigenvalue weighted by atomic mass is 19.1. The molecule has 1 radical (unpaired) electrons. The maximum Gasteiger partial charge on any atom is 0.194 e. The lowest BCUT2D eigenvalue weighted by molar-refractivity contribution is 0.0318. The molecule has 0 saturated heterocycles. The second-order valence-electron chi connectivity index (χ2n) is 2.29. The zero-order valence-corrected chi connectivity index (χ0v) is 6.74. The highest BCUT2D eigenvalue weighted by Gasteiger charge is 2.06. The number of carbonyl (C=O) groups excluding carboxylic acids is 1. The molecule has 0 unspecified atom stereocenters. The monoisotopic (exact) mass is 183 g/mol. The minimum Gasteiger partial charge on any atom is -0.371 e. The lowest BCUT2D eigenvalue weighted by Gasteiger charge is -1.99. The van der Waals surface area contributed by atoms with Crippen LogP contribution in [0.3, 0.4) is 0 Å². The van der Waals surface area contributed by atoms with Crippen molar-refractivity contribution in [3.8, 4) is 0 Å². The van der Waals surface area contributed by atoms with Gasteiger partial charge in [-0.05, 0) is 12.1 Å². The highest BCUT2D eigenvalue weighted by Crippen LogP contribution is 2.05. The summed E-state index contributed by atoms with van der Waals surface area (Å²) in [6, 6.07) is 5.22. The van der Waals surface area contributed by atoms with Crippen LogP contribution in [-0.2, 0) is 4.74 Å². The smallest absolute Gasteiger partial charge is 0.194 e. The van der Waals surface area contributed by atoms with Crippen molar-refractivity contribution in [1.82, 2.24) is 0 Å². The maximum atomic E-state index is 12.6. The molecule has 4 heteroatoms. The van der Waals surface area contributed by atoms with E-state index in [0.717, 1.165) is 12.7 Å². The summed E-state index contributed by atoms with van der Waals surface area (Å²) in [5, 5.41) is 8.24. The summed E-state index contributed by atoms with van der Waals surface area (Å²) in [5.41, 5.74) is 0.188. The van der Waals surface area contributed by atoms with E-state index in [4.69, 9.17) is 5.11 Å². The minimum atomic E-state index is -0.568. The van der Waals surface area contributed by atoms with E-state index >= 15 is 0 Å². The van der Waals surface area contributed by atoms with Crippen molar-refractivity contribution in [2.45, 2.75) is 0 Å². The summed E-state index contributed by atoms with van der Waals surface area (Å²) in [7, 11) is 0.